The number of hydrogen-bond donors (Lipinski definition) is 1. The zero-order valence-corrected chi connectivity index (χ0v) is 18.3. The number of para-hydroxylation sites is 1. The molecule has 7 heteroatoms. The highest BCUT2D eigenvalue weighted by Crippen LogP contribution is 2.27. The summed E-state index contributed by atoms with van der Waals surface area (Å²) in [6.45, 7) is 3.33. The Morgan fingerprint density at radius 2 is 1.57 bits per heavy atom. The molecule has 3 rings (SSSR count). The fourth-order valence-corrected chi connectivity index (χ4v) is 4.73. The van der Waals surface area contributed by atoms with Crippen molar-refractivity contribution in [2.75, 3.05) is 10.8 Å². The number of anilines is 1. The van der Waals surface area contributed by atoms with Crippen LogP contribution in [-0.2, 0) is 14.8 Å². The molecular formula is C23H23ClN2O3S. The van der Waals surface area contributed by atoms with Gasteiger partial charge in [0.2, 0.25) is 5.91 Å². The van der Waals surface area contributed by atoms with Crippen molar-refractivity contribution in [3.05, 3.63) is 95.0 Å². The molecule has 0 bridgehead atoms. The number of benzene rings is 3. The van der Waals surface area contributed by atoms with Gasteiger partial charge in [-0.2, -0.15) is 0 Å². The van der Waals surface area contributed by atoms with Gasteiger partial charge < -0.3 is 5.32 Å². The lowest BCUT2D eigenvalue weighted by Gasteiger charge is -2.26. The third kappa shape index (κ3) is 5.01. The van der Waals surface area contributed by atoms with Crippen LogP contribution in [0.2, 0.25) is 5.02 Å². The first-order chi connectivity index (χ1) is 14.3. The van der Waals surface area contributed by atoms with Crippen LogP contribution in [0.4, 0.5) is 5.69 Å². The maximum atomic E-state index is 13.4. The molecule has 1 amide bonds. The van der Waals surface area contributed by atoms with Gasteiger partial charge >= 0.3 is 0 Å². The monoisotopic (exact) mass is 442 g/mol. The molecule has 156 valence electrons. The Kier molecular flexibility index (Phi) is 6.80. The van der Waals surface area contributed by atoms with Crippen molar-refractivity contribution in [3.63, 3.8) is 0 Å². The number of rotatable bonds is 7. The molecule has 1 N–H and O–H groups in total. The van der Waals surface area contributed by atoms with E-state index in [1.807, 2.05) is 56.3 Å². The molecule has 3 aromatic rings. The van der Waals surface area contributed by atoms with E-state index < -0.39 is 15.9 Å². The van der Waals surface area contributed by atoms with E-state index in [9.17, 15) is 13.2 Å². The summed E-state index contributed by atoms with van der Waals surface area (Å²) < 4.78 is 27.9. The molecular weight excluding hydrogens is 420 g/mol. The van der Waals surface area contributed by atoms with Gasteiger partial charge in [-0.3, -0.25) is 9.10 Å². The molecule has 0 saturated heterocycles. The van der Waals surface area contributed by atoms with Crippen LogP contribution in [0.25, 0.3) is 0 Å². The third-order valence-corrected chi connectivity index (χ3v) is 6.78. The lowest BCUT2D eigenvalue weighted by atomic mass is 10.1. The maximum absolute atomic E-state index is 13.4. The molecule has 0 unspecified atom stereocenters. The lowest BCUT2D eigenvalue weighted by molar-refractivity contribution is -0.120. The molecule has 0 heterocycles. The summed E-state index contributed by atoms with van der Waals surface area (Å²) in [5.74, 6) is -0.396. The lowest BCUT2D eigenvalue weighted by Crippen LogP contribution is -2.41. The number of nitrogens with zero attached hydrogens (tertiary/aromatic N) is 1. The van der Waals surface area contributed by atoms with Crippen LogP contribution in [0.5, 0.6) is 0 Å². The highest BCUT2D eigenvalue weighted by molar-refractivity contribution is 7.92. The van der Waals surface area contributed by atoms with Crippen LogP contribution < -0.4 is 9.62 Å². The summed E-state index contributed by atoms with van der Waals surface area (Å²) in [4.78, 5) is 12.9. The Morgan fingerprint density at radius 3 is 2.20 bits per heavy atom. The van der Waals surface area contributed by atoms with Crippen LogP contribution in [0.3, 0.4) is 0 Å². The molecule has 0 aromatic heterocycles. The van der Waals surface area contributed by atoms with Crippen LogP contribution in [-0.4, -0.2) is 20.9 Å². The van der Waals surface area contributed by atoms with Gasteiger partial charge in [0, 0.05) is 5.02 Å². The van der Waals surface area contributed by atoms with Gasteiger partial charge in [0.05, 0.1) is 16.6 Å². The number of sulfonamides is 1. The largest absolute Gasteiger partial charge is 0.348 e. The number of carbonyl (C=O) groups is 1. The average molecular weight is 443 g/mol. The van der Waals surface area contributed by atoms with Crippen LogP contribution >= 0.6 is 11.6 Å². The summed E-state index contributed by atoms with van der Waals surface area (Å²) in [6.07, 6.45) is 0. The fourth-order valence-electron chi connectivity index (χ4n) is 3.12. The Morgan fingerprint density at radius 1 is 0.967 bits per heavy atom. The highest BCUT2D eigenvalue weighted by Gasteiger charge is 2.28. The Hall–Kier alpha value is -2.83. The topological polar surface area (TPSA) is 66.5 Å². The van der Waals surface area contributed by atoms with E-state index >= 15 is 0 Å². The number of hydrogen-bond acceptors (Lipinski definition) is 3. The average Bonchev–Trinajstić information content (AvgIpc) is 2.73. The predicted molar refractivity (Wildman–Crippen MR) is 120 cm³/mol. The second kappa shape index (κ2) is 9.32. The fraction of sp³-hybridized carbons (Fsp3) is 0.174. The number of halogens is 1. The first kappa shape index (κ1) is 21.9. The zero-order chi connectivity index (χ0) is 21.7. The number of nitrogens with one attached hydrogen (secondary N) is 1. The van der Waals surface area contributed by atoms with E-state index in [4.69, 9.17) is 11.6 Å². The summed E-state index contributed by atoms with van der Waals surface area (Å²) in [5.41, 5.74) is 2.14. The quantitative estimate of drug-likeness (QED) is 0.575. The Balaban J connectivity index is 1.91. The number of carbonyl (C=O) groups excluding carboxylic acids is 1. The summed E-state index contributed by atoms with van der Waals surface area (Å²) >= 11 is 5.91. The van der Waals surface area contributed by atoms with E-state index in [0.717, 1.165) is 15.4 Å². The standard InChI is InChI=1S/C23H23ClN2O3S/c1-17-8-6-7-11-22(17)26(30(28,29)21-14-12-20(24)13-15-21)16-23(27)25-18(2)19-9-4-3-5-10-19/h3-15,18H,16H2,1-2H3,(H,25,27)/t18-/m1/s1. The van der Waals surface area contributed by atoms with Gasteiger partial charge in [-0.1, -0.05) is 60.1 Å². The number of aryl methyl sites for hydroxylation is 1. The van der Waals surface area contributed by atoms with E-state index in [-0.39, 0.29) is 17.5 Å². The highest BCUT2D eigenvalue weighted by atomic mass is 35.5. The minimum Gasteiger partial charge on any atom is -0.348 e. The van der Waals surface area contributed by atoms with Crippen molar-refractivity contribution in [1.82, 2.24) is 5.32 Å². The van der Waals surface area contributed by atoms with Crippen molar-refractivity contribution in [3.8, 4) is 0 Å². The van der Waals surface area contributed by atoms with Gasteiger partial charge in [-0.25, -0.2) is 8.42 Å². The minimum atomic E-state index is -3.98. The van der Waals surface area contributed by atoms with E-state index in [1.54, 1.807) is 12.1 Å². The Labute approximate surface area is 182 Å². The molecule has 0 fully saturated rings. The number of amides is 1. The SMILES string of the molecule is Cc1ccccc1N(CC(=O)N[C@H](C)c1ccccc1)S(=O)(=O)c1ccc(Cl)cc1. The van der Waals surface area contributed by atoms with Crippen molar-refractivity contribution < 1.29 is 13.2 Å². The van der Waals surface area contributed by atoms with Crippen molar-refractivity contribution in [1.29, 1.82) is 0 Å². The first-order valence-electron chi connectivity index (χ1n) is 9.47. The van der Waals surface area contributed by atoms with Crippen LogP contribution in [0.1, 0.15) is 24.1 Å². The van der Waals surface area contributed by atoms with E-state index in [2.05, 4.69) is 5.32 Å². The minimum absolute atomic E-state index is 0.0686. The molecule has 3 aromatic carbocycles. The Bertz CT molecular complexity index is 1120. The normalized spacial score (nSPS) is 12.2. The predicted octanol–water partition coefficient (Wildman–Crippen LogP) is 4.72. The van der Waals surface area contributed by atoms with Gasteiger partial charge in [0.15, 0.2) is 0 Å². The first-order valence-corrected chi connectivity index (χ1v) is 11.3. The molecule has 5 nitrogen and oxygen atoms in total. The van der Waals surface area contributed by atoms with Crippen molar-refractivity contribution >= 4 is 33.2 Å². The molecule has 0 spiro atoms. The van der Waals surface area contributed by atoms with Gasteiger partial charge in [-0.15, -0.1) is 0 Å². The van der Waals surface area contributed by atoms with Gasteiger partial charge in [0.1, 0.15) is 6.54 Å². The van der Waals surface area contributed by atoms with Gasteiger partial charge in [-0.05, 0) is 55.3 Å². The van der Waals surface area contributed by atoms with E-state index in [1.165, 1.54) is 24.3 Å². The summed E-state index contributed by atoms with van der Waals surface area (Å²) in [7, 11) is -3.98. The van der Waals surface area contributed by atoms with E-state index in [0.29, 0.717) is 10.7 Å². The maximum Gasteiger partial charge on any atom is 0.264 e. The van der Waals surface area contributed by atoms with Crippen molar-refractivity contribution in [2.45, 2.75) is 24.8 Å². The summed E-state index contributed by atoms with van der Waals surface area (Å²) in [5, 5.41) is 3.32. The molecule has 0 saturated carbocycles. The van der Waals surface area contributed by atoms with Crippen molar-refractivity contribution in [2.24, 2.45) is 0 Å². The molecule has 0 aliphatic heterocycles. The molecule has 0 radical (unpaired) electrons. The second-order valence-electron chi connectivity index (χ2n) is 6.95. The van der Waals surface area contributed by atoms with Crippen LogP contribution in [0, 0.1) is 6.92 Å². The molecule has 30 heavy (non-hydrogen) atoms. The van der Waals surface area contributed by atoms with Gasteiger partial charge in [0.25, 0.3) is 10.0 Å². The smallest absolute Gasteiger partial charge is 0.264 e. The zero-order valence-electron chi connectivity index (χ0n) is 16.7. The third-order valence-electron chi connectivity index (χ3n) is 4.75. The molecule has 0 aliphatic rings. The summed E-state index contributed by atoms with van der Waals surface area (Å²) in [6, 6.07) is 22.2. The van der Waals surface area contributed by atoms with Crippen LogP contribution in [0.15, 0.2) is 83.8 Å². The molecule has 0 aliphatic carbocycles. The molecule has 1 atom stereocenters. The second-order valence-corrected chi connectivity index (χ2v) is 9.25.